The molecule has 6 nitrogen and oxygen atoms in total. The van der Waals surface area contributed by atoms with Gasteiger partial charge in [-0.2, -0.15) is 0 Å². The molecular formula is C24H33N3O3S. The number of hydrogen-bond acceptors (Lipinski definition) is 4. The molecule has 2 aromatic carbocycles. The molecule has 1 heterocycles. The van der Waals surface area contributed by atoms with E-state index in [4.69, 9.17) is 0 Å². The molecule has 3 rings (SSSR count). The van der Waals surface area contributed by atoms with Crippen LogP contribution in [0.15, 0.2) is 48.5 Å². The first-order chi connectivity index (χ1) is 14.8. The van der Waals surface area contributed by atoms with Crippen LogP contribution in [-0.4, -0.2) is 44.6 Å². The van der Waals surface area contributed by atoms with Crippen molar-refractivity contribution < 1.29 is 13.2 Å². The second kappa shape index (κ2) is 10.3. The number of benzene rings is 2. The average Bonchev–Trinajstić information content (AvgIpc) is 3.25. The number of carbonyl (C=O) groups excluding carboxylic acids is 1. The van der Waals surface area contributed by atoms with Crippen LogP contribution >= 0.6 is 0 Å². The molecule has 0 unspecified atom stereocenters. The number of sulfonamides is 1. The highest BCUT2D eigenvalue weighted by molar-refractivity contribution is 7.92. The fourth-order valence-electron chi connectivity index (χ4n) is 4.08. The van der Waals surface area contributed by atoms with E-state index in [9.17, 15) is 13.2 Å². The Balaban J connectivity index is 1.71. The predicted octanol–water partition coefficient (Wildman–Crippen LogP) is 3.32. The van der Waals surface area contributed by atoms with E-state index >= 15 is 0 Å². The SMILES string of the molecule is CCc1ccc(N([C@H](C)C(=O)NCc2ccccc2CN2CCCC2)S(C)(=O)=O)cc1. The normalized spacial score (nSPS) is 15.6. The molecule has 0 spiro atoms. The maximum atomic E-state index is 12.9. The number of hydrogen-bond donors (Lipinski definition) is 1. The van der Waals surface area contributed by atoms with Crippen molar-refractivity contribution in [3.8, 4) is 0 Å². The summed E-state index contributed by atoms with van der Waals surface area (Å²) in [6.45, 7) is 7.14. The molecule has 0 aliphatic carbocycles. The van der Waals surface area contributed by atoms with Crippen LogP contribution in [0.25, 0.3) is 0 Å². The molecular weight excluding hydrogens is 410 g/mol. The van der Waals surface area contributed by atoms with Gasteiger partial charge in [0.2, 0.25) is 15.9 Å². The second-order valence-electron chi connectivity index (χ2n) is 8.22. The Labute approximate surface area is 186 Å². The van der Waals surface area contributed by atoms with Crippen molar-refractivity contribution in [1.29, 1.82) is 0 Å². The van der Waals surface area contributed by atoms with E-state index in [-0.39, 0.29) is 5.91 Å². The van der Waals surface area contributed by atoms with E-state index in [1.54, 1.807) is 19.1 Å². The first-order valence-electron chi connectivity index (χ1n) is 10.9. The Morgan fingerprint density at radius 2 is 1.68 bits per heavy atom. The third kappa shape index (κ3) is 6.08. The van der Waals surface area contributed by atoms with E-state index in [0.717, 1.165) is 43.4 Å². The maximum absolute atomic E-state index is 12.9. The molecule has 0 saturated carbocycles. The molecule has 1 aliphatic rings. The van der Waals surface area contributed by atoms with Crippen molar-refractivity contribution in [2.24, 2.45) is 0 Å². The van der Waals surface area contributed by atoms with Crippen LogP contribution in [0.3, 0.4) is 0 Å². The molecule has 31 heavy (non-hydrogen) atoms. The first-order valence-corrected chi connectivity index (χ1v) is 12.8. The molecule has 1 N–H and O–H groups in total. The molecule has 7 heteroatoms. The van der Waals surface area contributed by atoms with Gasteiger partial charge in [-0.15, -0.1) is 0 Å². The van der Waals surface area contributed by atoms with Crippen LogP contribution in [-0.2, 0) is 34.3 Å². The van der Waals surface area contributed by atoms with Crippen LogP contribution < -0.4 is 9.62 Å². The van der Waals surface area contributed by atoms with E-state index in [1.807, 2.05) is 37.3 Å². The van der Waals surface area contributed by atoms with Gasteiger partial charge in [0.25, 0.3) is 0 Å². The zero-order valence-corrected chi connectivity index (χ0v) is 19.5. The third-order valence-electron chi connectivity index (χ3n) is 5.85. The first kappa shape index (κ1) is 23.3. The molecule has 0 bridgehead atoms. The van der Waals surface area contributed by atoms with Crippen LogP contribution in [0, 0.1) is 0 Å². The Hall–Kier alpha value is -2.38. The highest BCUT2D eigenvalue weighted by Gasteiger charge is 2.29. The van der Waals surface area contributed by atoms with Crippen LogP contribution in [0.4, 0.5) is 5.69 Å². The summed E-state index contributed by atoms with van der Waals surface area (Å²) in [6.07, 6.45) is 4.47. The number of anilines is 1. The summed E-state index contributed by atoms with van der Waals surface area (Å²) in [7, 11) is -3.62. The summed E-state index contributed by atoms with van der Waals surface area (Å²) >= 11 is 0. The Morgan fingerprint density at radius 3 is 2.26 bits per heavy atom. The molecule has 1 fully saturated rings. The van der Waals surface area contributed by atoms with Gasteiger partial charge in [-0.25, -0.2) is 8.42 Å². The lowest BCUT2D eigenvalue weighted by atomic mass is 10.1. The molecule has 1 aliphatic heterocycles. The van der Waals surface area contributed by atoms with E-state index in [1.165, 1.54) is 22.7 Å². The summed E-state index contributed by atoms with van der Waals surface area (Å²) in [5.41, 5.74) is 3.88. The number of nitrogens with zero attached hydrogens (tertiary/aromatic N) is 2. The maximum Gasteiger partial charge on any atom is 0.243 e. The van der Waals surface area contributed by atoms with Gasteiger partial charge in [0.1, 0.15) is 6.04 Å². The molecule has 2 aromatic rings. The summed E-state index contributed by atoms with van der Waals surface area (Å²) in [5, 5.41) is 2.95. The topological polar surface area (TPSA) is 69.7 Å². The van der Waals surface area contributed by atoms with E-state index in [2.05, 4.69) is 16.3 Å². The molecule has 1 atom stereocenters. The quantitative estimate of drug-likeness (QED) is 0.646. The van der Waals surface area contributed by atoms with E-state index in [0.29, 0.717) is 12.2 Å². The van der Waals surface area contributed by atoms with E-state index < -0.39 is 16.1 Å². The second-order valence-corrected chi connectivity index (χ2v) is 10.1. The van der Waals surface area contributed by atoms with Crippen molar-refractivity contribution in [1.82, 2.24) is 10.2 Å². The van der Waals surface area contributed by atoms with Crippen molar-refractivity contribution in [2.75, 3.05) is 23.7 Å². The van der Waals surface area contributed by atoms with Gasteiger partial charge in [-0.1, -0.05) is 43.3 Å². The fraction of sp³-hybridized carbons (Fsp3) is 0.458. The summed E-state index contributed by atoms with van der Waals surface area (Å²) in [6, 6.07) is 14.6. The van der Waals surface area contributed by atoms with Gasteiger partial charge in [0.05, 0.1) is 11.9 Å². The van der Waals surface area contributed by atoms with Crippen molar-refractivity contribution >= 4 is 21.6 Å². The van der Waals surface area contributed by atoms with Crippen LogP contribution in [0.2, 0.25) is 0 Å². The lowest BCUT2D eigenvalue weighted by Crippen LogP contribution is -2.47. The van der Waals surface area contributed by atoms with Gasteiger partial charge >= 0.3 is 0 Å². The van der Waals surface area contributed by atoms with Gasteiger partial charge in [-0.3, -0.25) is 14.0 Å². The number of carbonyl (C=O) groups is 1. The van der Waals surface area contributed by atoms with Crippen molar-refractivity contribution in [3.05, 3.63) is 65.2 Å². The fourth-order valence-corrected chi connectivity index (χ4v) is 5.26. The zero-order valence-electron chi connectivity index (χ0n) is 18.7. The minimum Gasteiger partial charge on any atom is -0.350 e. The number of likely N-dealkylation sites (tertiary alicyclic amines) is 1. The smallest absolute Gasteiger partial charge is 0.243 e. The number of rotatable bonds is 9. The molecule has 0 radical (unpaired) electrons. The van der Waals surface area contributed by atoms with Crippen molar-refractivity contribution in [2.45, 2.75) is 52.2 Å². The standard InChI is InChI=1S/C24H33N3O3S/c1-4-20-11-13-23(14-12-20)27(31(3,29)30)19(2)24(28)25-17-21-9-5-6-10-22(21)18-26-15-7-8-16-26/h5-6,9-14,19H,4,7-8,15-18H2,1-3H3,(H,25,28)/t19-/m1/s1. The van der Waals surface area contributed by atoms with Crippen molar-refractivity contribution in [3.63, 3.8) is 0 Å². The summed E-state index contributed by atoms with van der Waals surface area (Å²) < 4.78 is 26.2. The number of amides is 1. The van der Waals surface area contributed by atoms with Gasteiger partial charge < -0.3 is 5.32 Å². The lowest BCUT2D eigenvalue weighted by Gasteiger charge is -2.28. The Bertz CT molecular complexity index is 983. The molecule has 168 valence electrons. The van der Waals surface area contributed by atoms with Gasteiger partial charge in [-0.05, 0) is 68.1 Å². The summed E-state index contributed by atoms with van der Waals surface area (Å²) in [5.74, 6) is -0.319. The average molecular weight is 444 g/mol. The lowest BCUT2D eigenvalue weighted by molar-refractivity contribution is -0.122. The highest BCUT2D eigenvalue weighted by Crippen LogP contribution is 2.22. The molecule has 0 aromatic heterocycles. The van der Waals surface area contributed by atoms with Gasteiger partial charge in [0.15, 0.2) is 0 Å². The highest BCUT2D eigenvalue weighted by atomic mass is 32.2. The summed E-state index contributed by atoms with van der Waals surface area (Å²) in [4.78, 5) is 15.4. The van der Waals surface area contributed by atoms with Crippen LogP contribution in [0.5, 0.6) is 0 Å². The molecule has 1 amide bonds. The number of aryl methyl sites for hydroxylation is 1. The van der Waals surface area contributed by atoms with Crippen LogP contribution in [0.1, 0.15) is 43.4 Å². The zero-order chi connectivity index (χ0) is 22.4. The Kier molecular flexibility index (Phi) is 7.73. The predicted molar refractivity (Wildman–Crippen MR) is 125 cm³/mol. The minimum absolute atomic E-state index is 0.319. The monoisotopic (exact) mass is 443 g/mol. The molecule has 1 saturated heterocycles. The third-order valence-corrected chi connectivity index (χ3v) is 7.09. The minimum atomic E-state index is -3.62. The Morgan fingerprint density at radius 1 is 1.06 bits per heavy atom. The largest absolute Gasteiger partial charge is 0.350 e. The number of nitrogens with one attached hydrogen (secondary N) is 1. The van der Waals surface area contributed by atoms with Gasteiger partial charge in [0, 0.05) is 13.1 Å².